The van der Waals surface area contributed by atoms with E-state index in [4.69, 9.17) is 5.73 Å². The van der Waals surface area contributed by atoms with Gasteiger partial charge in [-0.3, -0.25) is 19.1 Å². The SMILES string of the molecule is C[C@H](Sc1nnc(-c2cccnc2)n1C1CC1)C(=O)Nc1ccc(C(N)=O)cc1. The molecule has 9 heteroatoms. The monoisotopic (exact) mass is 408 g/mol. The number of rotatable bonds is 7. The Morgan fingerprint density at radius 1 is 1.21 bits per heavy atom. The Kier molecular flexibility index (Phi) is 5.30. The zero-order valence-corrected chi connectivity index (χ0v) is 16.6. The molecule has 0 spiro atoms. The third-order valence-electron chi connectivity index (χ3n) is 4.58. The summed E-state index contributed by atoms with van der Waals surface area (Å²) in [6.45, 7) is 1.83. The third-order valence-corrected chi connectivity index (χ3v) is 5.64. The number of anilines is 1. The fourth-order valence-electron chi connectivity index (χ4n) is 2.88. The van der Waals surface area contributed by atoms with Gasteiger partial charge in [-0.25, -0.2) is 0 Å². The minimum Gasteiger partial charge on any atom is -0.366 e. The summed E-state index contributed by atoms with van der Waals surface area (Å²) >= 11 is 1.37. The lowest BCUT2D eigenvalue weighted by molar-refractivity contribution is -0.115. The van der Waals surface area contributed by atoms with Crippen LogP contribution in [0.5, 0.6) is 0 Å². The lowest BCUT2D eigenvalue weighted by Gasteiger charge is -2.13. The van der Waals surface area contributed by atoms with Gasteiger partial charge in [0, 0.05) is 35.2 Å². The van der Waals surface area contributed by atoms with Crippen molar-refractivity contribution in [3.63, 3.8) is 0 Å². The molecule has 0 saturated heterocycles. The molecule has 1 aliphatic rings. The molecule has 0 radical (unpaired) electrons. The number of nitrogens with two attached hydrogens (primary N) is 1. The van der Waals surface area contributed by atoms with Crippen LogP contribution >= 0.6 is 11.8 Å². The fourth-order valence-corrected chi connectivity index (χ4v) is 3.80. The van der Waals surface area contributed by atoms with E-state index in [0.29, 0.717) is 17.3 Å². The Hall–Kier alpha value is -3.20. The van der Waals surface area contributed by atoms with Gasteiger partial charge in [-0.1, -0.05) is 11.8 Å². The van der Waals surface area contributed by atoms with E-state index in [0.717, 1.165) is 29.4 Å². The summed E-state index contributed by atoms with van der Waals surface area (Å²) in [6, 6.07) is 10.7. The highest BCUT2D eigenvalue weighted by Gasteiger charge is 2.31. The molecule has 1 atom stereocenters. The van der Waals surface area contributed by atoms with Gasteiger partial charge in [0.2, 0.25) is 11.8 Å². The van der Waals surface area contributed by atoms with Crippen LogP contribution in [0.15, 0.2) is 53.9 Å². The van der Waals surface area contributed by atoms with Crippen molar-refractivity contribution in [1.82, 2.24) is 19.7 Å². The van der Waals surface area contributed by atoms with Crippen LogP contribution in [0.1, 0.15) is 36.2 Å². The first-order chi connectivity index (χ1) is 14.0. The number of benzene rings is 1. The van der Waals surface area contributed by atoms with Gasteiger partial charge in [-0.2, -0.15) is 0 Å². The van der Waals surface area contributed by atoms with Crippen LogP contribution in [-0.2, 0) is 4.79 Å². The summed E-state index contributed by atoms with van der Waals surface area (Å²) in [5.74, 6) is 0.114. The Bertz CT molecular complexity index is 1030. The molecule has 3 aromatic rings. The molecular weight excluding hydrogens is 388 g/mol. The van der Waals surface area contributed by atoms with Gasteiger partial charge in [-0.15, -0.1) is 10.2 Å². The summed E-state index contributed by atoms with van der Waals surface area (Å²) in [7, 11) is 0. The molecule has 2 heterocycles. The minimum atomic E-state index is -0.504. The third kappa shape index (κ3) is 4.29. The molecule has 2 aromatic heterocycles. The Labute approximate surface area is 171 Å². The predicted molar refractivity (Wildman–Crippen MR) is 110 cm³/mol. The van der Waals surface area contributed by atoms with Crippen LogP contribution in [0.2, 0.25) is 0 Å². The maximum atomic E-state index is 12.6. The summed E-state index contributed by atoms with van der Waals surface area (Å²) in [5, 5.41) is 11.9. The topological polar surface area (TPSA) is 116 Å². The van der Waals surface area contributed by atoms with E-state index >= 15 is 0 Å². The van der Waals surface area contributed by atoms with E-state index in [1.807, 2.05) is 19.1 Å². The standard InChI is InChI=1S/C20H20N6O2S/c1-12(19(28)23-15-6-4-13(5-7-15)17(21)27)29-20-25-24-18(26(20)16-8-9-16)14-3-2-10-22-11-14/h2-7,10-12,16H,8-9H2,1H3,(H2,21,27)(H,23,28)/t12-/m0/s1. The Morgan fingerprint density at radius 3 is 2.59 bits per heavy atom. The molecule has 29 heavy (non-hydrogen) atoms. The second kappa shape index (κ2) is 8.04. The Balaban J connectivity index is 1.48. The molecule has 1 fully saturated rings. The van der Waals surface area contributed by atoms with Crippen LogP contribution in [-0.4, -0.2) is 36.8 Å². The number of nitrogens with one attached hydrogen (secondary N) is 1. The number of carbonyl (C=O) groups excluding carboxylic acids is 2. The summed E-state index contributed by atoms with van der Waals surface area (Å²) in [5.41, 5.74) is 7.14. The van der Waals surface area contributed by atoms with Crippen LogP contribution in [0, 0.1) is 0 Å². The maximum absolute atomic E-state index is 12.6. The highest BCUT2D eigenvalue weighted by atomic mass is 32.2. The highest BCUT2D eigenvalue weighted by Crippen LogP contribution is 2.41. The molecule has 0 unspecified atom stereocenters. The van der Waals surface area contributed by atoms with E-state index in [9.17, 15) is 9.59 Å². The van der Waals surface area contributed by atoms with Gasteiger partial charge in [0.1, 0.15) is 0 Å². The number of hydrogen-bond acceptors (Lipinski definition) is 6. The molecule has 8 nitrogen and oxygen atoms in total. The molecule has 1 aromatic carbocycles. The fraction of sp³-hybridized carbons (Fsp3) is 0.250. The van der Waals surface area contributed by atoms with Crippen molar-refractivity contribution in [2.75, 3.05) is 5.32 Å². The van der Waals surface area contributed by atoms with Gasteiger partial charge in [0.25, 0.3) is 0 Å². The quantitative estimate of drug-likeness (QED) is 0.581. The molecule has 0 aliphatic heterocycles. The first-order valence-electron chi connectivity index (χ1n) is 9.25. The number of thioether (sulfide) groups is 1. The maximum Gasteiger partial charge on any atom is 0.248 e. The van der Waals surface area contributed by atoms with Crippen molar-refractivity contribution in [3.05, 3.63) is 54.4 Å². The van der Waals surface area contributed by atoms with Crippen molar-refractivity contribution >= 4 is 29.3 Å². The van der Waals surface area contributed by atoms with Crippen molar-refractivity contribution in [2.45, 2.75) is 36.2 Å². The molecular formula is C20H20N6O2S. The Morgan fingerprint density at radius 2 is 1.97 bits per heavy atom. The molecule has 1 saturated carbocycles. The number of pyridine rings is 1. The van der Waals surface area contributed by atoms with Gasteiger partial charge in [0.15, 0.2) is 11.0 Å². The zero-order valence-electron chi connectivity index (χ0n) is 15.8. The molecule has 148 valence electrons. The second-order valence-electron chi connectivity index (χ2n) is 6.84. The molecule has 0 bridgehead atoms. The summed E-state index contributed by atoms with van der Waals surface area (Å²) in [6.07, 6.45) is 5.64. The van der Waals surface area contributed by atoms with Crippen molar-refractivity contribution < 1.29 is 9.59 Å². The van der Waals surface area contributed by atoms with Crippen LogP contribution in [0.25, 0.3) is 11.4 Å². The van der Waals surface area contributed by atoms with E-state index < -0.39 is 5.91 Å². The number of primary amides is 1. The minimum absolute atomic E-state index is 0.157. The van der Waals surface area contributed by atoms with Gasteiger partial charge >= 0.3 is 0 Å². The average Bonchev–Trinajstić information content (AvgIpc) is 3.49. The van der Waals surface area contributed by atoms with Gasteiger partial charge in [-0.05, 0) is 56.2 Å². The van der Waals surface area contributed by atoms with E-state index in [1.165, 1.54) is 11.8 Å². The number of nitrogens with zero attached hydrogens (tertiary/aromatic N) is 4. The first-order valence-corrected chi connectivity index (χ1v) is 10.1. The lowest BCUT2D eigenvalue weighted by Crippen LogP contribution is -2.23. The van der Waals surface area contributed by atoms with E-state index in [-0.39, 0.29) is 11.2 Å². The number of hydrogen-bond donors (Lipinski definition) is 2. The molecule has 4 rings (SSSR count). The first kappa shape index (κ1) is 19.1. The van der Waals surface area contributed by atoms with Crippen molar-refractivity contribution in [2.24, 2.45) is 5.73 Å². The number of amides is 2. The number of aromatic nitrogens is 4. The van der Waals surface area contributed by atoms with E-state index in [2.05, 4.69) is 25.1 Å². The molecule has 2 amide bonds. The summed E-state index contributed by atoms with van der Waals surface area (Å²) in [4.78, 5) is 27.9. The highest BCUT2D eigenvalue weighted by molar-refractivity contribution is 8.00. The lowest BCUT2D eigenvalue weighted by atomic mass is 10.2. The van der Waals surface area contributed by atoms with Crippen molar-refractivity contribution in [1.29, 1.82) is 0 Å². The van der Waals surface area contributed by atoms with Gasteiger partial charge < -0.3 is 11.1 Å². The normalized spacial score (nSPS) is 14.4. The summed E-state index contributed by atoms with van der Waals surface area (Å²) < 4.78 is 2.10. The smallest absolute Gasteiger partial charge is 0.248 e. The zero-order chi connectivity index (χ0) is 20.4. The van der Waals surface area contributed by atoms with Crippen LogP contribution < -0.4 is 11.1 Å². The molecule has 3 N–H and O–H groups in total. The number of carbonyl (C=O) groups is 2. The largest absolute Gasteiger partial charge is 0.366 e. The molecule has 1 aliphatic carbocycles. The second-order valence-corrected chi connectivity index (χ2v) is 8.15. The van der Waals surface area contributed by atoms with Crippen LogP contribution in [0.3, 0.4) is 0 Å². The van der Waals surface area contributed by atoms with Crippen molar-refractivity contribution in [3.8, 4) is 11.4 Å². The van der Waals surface area contributed by atoms with Crippen LogP contribution in [0.4, 0.5) is 5.69 Å². The van der Waals surface area contributed by atoms with Gasteiger partial charge in [0.05, 0.1) is 5.25 Å². The average molecular weight is 408 g/mol. The van der Waals surface area contributed by atoms with E-state index in [1.54, 1.807) is 36.7 Å². The predicted octanol–water partition coefficient (Wildman–Crippen LogP) is 2.89.